The van der Waals surface area contributed by atoms with Gasteiger partial charge in [-0.2, -0.15) is 8.42 Å². The first kappa shape index (κ1) is 20.8. The highest BCUT2D eigenvalue weighted by atomic mass is 32.3. The predicted molar refractivity (Wildman–Crippen MR) is 106 cm³/mol. The maximum atomic E-state index is 13.3. The molecule has 2 aromatic rings. The number of primary sulfonamides is 1. The van der Waals surface area contributed by atoms with E-state index in [4.69, 9.17) is 15.0 Å². The molecule has 4 N–H and O–H groups in total. The van der Waals surface area contributed by atoms with Crippen molar-refractivity contribution >= 4 is 43.1 Å². The van der Waals surface area contributed by atoms with Crippen LogP contribution >= 0.6 is 11.3 Å². The van der Waals surface area contributed by atoms with Gasteiger partial charge in [0.2, 0.25) is 10.0 Å². The monoisotopic (exact) mass is 445 g/mol. The summed E-state index contributed by atoms with van der Waals surface area (Å²) in [6.45, 7) is 0.289. The van der Waals surface area contributed by atoms with Crippen molar-refractivity contribution < 1.29 is 26.7 Å². The Morgan fingerprint density at radius 2 is 2.07 bits per heavy atom. The molecule has 0 atom stereocenters. The Kier molecular flexibility index (Phi) is 5.79. The molecule has 0 radical (unpaired) electrons. The molecule has 1 aliphatic rings. The minimum absolute atomic E-state index is 0.106. The number of fused-ring (bicyclic) bond motifs is 1. The van der Waals surface area contributed by atoms with E-state index in [0.29, 0.717) is 28.5 Å². The fourth-order valence-electron chi connectivity index (χ4n) is 2.74. The maximum absolute atomic E-state index is 13.3. The Bertz CT molecular complexity index is 1120. The Morgan fingerprint density at radius 1 is 1.32 bits per heavy atom. The third kappa shape index (κ3) is 3.92. The lowest BCUT2D eigenvalue weighted by molar-refractivity contribution is 0.294. The van der Waals surface area contributed by atoms with Crippen LogP contribution in [0.5, 0.6) is 5.75 Å². The first-order valence-electron chi connectivity index (χ1n) is 8.06. The van der Waals surface area contributed by atoms with E-state index in [2.05, 4.69) is 5.32 Å². The molecule has 2 heterocycles. The molecule has 1 aliphatic heterocycles. The van der Waals surface area contributed by atoms with Gasteiger partial charge in [-0.25, -0.2) is 17.9 Å². The van der Waals surface area contributed by atoms with Crippen LogP contribution in [0.15, 0.2) is 44.4 Å². The number of nitrogens with zero attached hydrogens (tertiary/aromatic N) is 1. The van der Waals surface area contributed by atoms with E-state index in [0.717, 1.165) is 4.31 Å². The second-order valence-corrected chi connectivity index (χ2v) is 10.7. The maximum Gasteiger partial charge on any atom is 0.278 e. The average Bonchev–Trinajstić information content (AvgIpc) is 3.07. The zero-order valence-corrected chi connectivity index (χ0v) is 17.3. The zero-order valence-electron chi connectivity index (χ0n) is 14.8. The Hall–Kier alpha value is -1.96. The van der Waals surface area contributed by atoms with Crippen molar-refractivity contribution in [1.29, 1.82) is 0 Å². The Morgan fingerprint density at radius 3 is 2.71 bits per heavy atom. The first-order chi connectivity index (χ1) is 13.2. The van der Waals surface area contributed by atoms with E-state index in [1.54, 1.807) is 30.3 Å². The number of anilines is 1. The van der Waals surface area contributed by atoms with Gasteiger partial charge in [-0.1, -0.05) is 6.07 Å². The van der Waals surface area contributed by atoms with Crippen molar-refractivity contribution in [3.05, 3.63) is 41.6 Å². The first-order valence-corrected chi connectivity index (χ1v) is 11.9. The van der Waals surface area contributed by atoms with E-state index in [-0.39, 0.29) is 33.7 Å². The number of aliphatic hydroxyl groups is 1. The van der Waals surface area contributed by atoms with Gasteiger partial charge in [-0.3, -0.25) is 0 Å². The van der Waals surface area contributed by atoms with E-state index >= 15 is 0 Å². The van der Waals surface area contributed by atoms with Crippen LogP contribution in [-0.4, -0.2) is 48.7 Å². The molecule has 1 aromatic heterocycles. The molecule has 0 aliphatic carbocycles. The highest BCUT2D eigenvalue weighted by Gasteiger charge is 2.37. The molecular weight excluding hydrogens is 426 g/mol. The lowest BCUT2D eigenvalue weighted by Gasteiger charge is -2.30. The van der Waals surface area contributed by atoms with Gasteiger partial charge in [0.15, 0.2) is 0 Å². The van der Waals surface area contributed by atoms with E-state index < -0.39 is 20.0 Å². The lowest BCUT2D eigenvalue weighted by atomic mass is 10.2. The average molecular weight is 446 g/mol. The molecule has 152 valence electrons. The summed E-state index contributed by atoms with van der Waals surface area (Å²) in [4.78, 5) is 0. The third-order valence-corrected chi connectivity index (χ3v) is 8.80. The molecule has 0 bridgehead atoms. The van der Waals surface area contributed by atoms with Gasteiger partial charge in [-0.15, -0.1) is 11.3 Å². The quantitative estimate of drug-likeness (QED) is 0.529. The van der Waals surface area contributed by atoms with Crippen molar-refractivity contribution in [2.75, 3.05) is 31.1 Å². The van der Waals surface area contributed by atoms with E-state index in [1.807, 2.05) is 0 Å². The van der Waals surface area contributed by atoms with Crippen molar-refractivity contribution in [2.24, 2.45) is 5.14 Å². The molecule has 0 saturated carbocycles. The van der Waals surface area contributed by atoms with Gasteiger partial charge in [0.05, 0.1) is 19.4 Å². The number of nitrogens with two attached hydrogens (primary N) is 1. The smallest absolute Gasteiger partial charge is 0.278 e. The third-order valence-electron chi connectivity index (χ3n) is 3.92. The van der Waals surface area contributed by atoms with Crippen molar-refractivity contribution in [2.45, 2.75) is 8.42 Å². The number of methoxy groups -OCH3 is 1. The molecule has 12 heteroatoms. The predicted octanol–water partition coefficient (Wildman–Crippen LogP) is 0.536. The number of ether oxygens (including phenoxy) is 1. The second kappa shape index (κ2) is 7.81. The van der Waals surface area contributed by atoms with Crippen molar-refractivity contribution in [1.82, 2.24) is 5.32 Å². The van der Waals surface area contributed by atoms with Gasteiger partial charge in [0.1, 0.15) is 14.2 Å². The zero-order chi connectivity index (χ0) is 20.5. The molecule has 0 amide bonds. The molecule has 3 rings (SSSR count). The van der Waals surface area contributed by atoms with Crippen LogP contribution in [-0.2, 0) is 20.0 Å². The number of aliphatic hydroxyl groups excluding tert-OH is 1. The standard InChI is InChI=1S/C16H19N3O6S3/c1-25-14-4-2-3-12(9-14)19-13(10-18-5-6-20)7-11-8-15(27(17,21)22)26-16(11)28(19,23)24/h2-4,7-9,18,20H,5-6,10H2,1H3,(H2,17,21,22). The molecule has 9 nitrogen and oxygen atoms in total. The molecule has 0 fully saturated rings. The van der Waals surface area contributed by atoms with Crippen LogP contribution in [0.3, 0.4) is 0 Å². The second-order valence-electron chi connectivity index (χ2n) is 5.86. The van der Waals surface area contributed by atoms with Gasteiger partial charge < -0.3 is 15.2 Å². The van der Waals surface area contributed by atoms with Gasteiger partial charge in [0, 0.05) is 30.4 Å². The van der Waals surface area contributed by atoms with Crippen LogP contribution in [0, 0.1) is 0 Å². The molecule has 0 saturated heterocycles. The highest BCUT2D eigenvalue weighted by Crippen LogP contribution is 2.41. The molecular formula is C16H19N3O6S3. The fourth-order valence-corrected chi connectivity index (χ4v) is 6.82. The summed E-state index contributed by atoms with van der Waals surface area (Å²) in [5.74, 6) is 0.470. The minimum atomic E-state index is -4.08. The lowest BCUT2D eigenvalue weighted by Crippen LogP contribution is -2.37. The molecule has 1 aromatic carbocycles. The van der Waals surface area contributed by atoms with Gasteiger partial charge >= 0.3 is 0 Å². The number of nitrogens with one attached hydrogen (secondary N) is 1. The Labute approximate surface area is 167 Å². The fraction of sp³-hybridized carbons (Fsp3) is 0.250. The summed E-state index contributed by atoms with van der Waals surface area (Å²) < 4.78 is 56.0. The number of hydrogen-bond acceptors (Lipinski definition) is 8. The summed E-state index contributed by atoms with van der Waals surface area (Å²) in [5, 5.41) is 17.1. The number of benzene rings is 1. The summed E-state index contributed by atoms with van der Waals surface area (Å²) in [6.07, 6.45) is 1.59. The topological polar surface area (TPSA) is 139 Å². The molecule has 0 spiro atoms. The van der Waals surface area contributed by atoms with Crippen LogP contribution in [0.25, 0.3) is 6.08 Å². The van der Waals surface area contributed by atoms with Crippen LogP contribution < -0.4 is 19.5 Å². The summed E-state index contributed by atoms with van der Waals surface area (Å²) >= 11 is 0.609. The number of sulfonamides is 2. The normalized spacial score (nSPS) is 15.8. The summed E-state index contributed by atoms with van der Waals surface area (Å²) in [7, 11) is -6.65. The largest absolute Gasteiger partial charge is 0.497 e. The van der Waals surface area contributed by atoms with Gasteiger partial charge in [-0.05, 0) is 24.3 Å². The van der Waals surface area contributed by atoms with Gasteiger partial charge in [0.25, 0.3) is 10.0 Å². The van der Waals surface area contributed by atoms with Crippen LogP contribution in [0.4, 0.5) is 5.69 Å². The number of rotatable bonds is 7. The number of hydrogen-bond donors (Lipinski definition) is 3. The van der Waals surface area contributed by atoms with E-state index in [9.17, 15) is 16.8 Å². The SMILES string of the molecule is COc1cccc(N2C(CNCCO)=Cc3cc(S(N)(=O)=O)sc3S2(=O)=O)c1. The van der Waals surface area contributed by atoms with Crippen molar-refractivity contribution in [3.63, 3.8) is 0 Å². The van der Waals surface area contributed by atoms with Crippen molar-refractivity contribution in [3.8, 4) is 5.75 Å². The highest BCUT2D eigenvalue weighted by molar-refractivity contribution is 7.96. The summed E-state index contributed by atoms with van der Waals surface area (Å²) in [5.41, 5.74) is 0.967. The molecule has 28 heavy (non-hydrogen) atoms. The van der Waals surface area contributed by atoms with Crippen LogP contribution in [0.1, 0.15) is 5.56 Å². The number of thiophene rings is 1. The minimum Gasteiger partial charge on any atom is -0.497 e. The molecule has 0 unspecified atom stereocenters. The van der Waals surface area contributed by atoms with E-state index in [1.165, 1.54) is 13.2 Å². The van der Waals surface area contributed by atoms with Crippen LogP contribution in [0.2, 0.25) is 0 Å². The Balaban J connectivity index is 2.17. The summed E-state index contributed by atoms with van der Waals surface area (Å²) in [6, 6.07) is 7.77.